The Hall–Kier alpha value is -1.35. The van der Waals surface area contributed by atoms with Gasteiger partial charge in [-0.25, -0.2) is 4.79 Å². The number of nitriles is 1. The van der Waals surface area contributed by atoms with Gasteiger partial charge in [-0.1, -0.05) is 30.3 Å². The lowest BCUT2D eigenvalue weighted by atomic mass is 10.1. The van der Waals surface area contributed by atoms with Crippen LogP contribution in [0.2, 0.25) is 0 Å². The van der Waals surface area contributed by atoms with Crippen molar-refractivity contribution in [2.24, 2.45) is 0 Å². The summed E-state index contributed by atoms with van der Waals surface area (Å²) < 4.78 is 4.86. The van der Waals surface area contributed by atoms with Crippen molar-refractivity contribution < 1.29 is 9.53 Å². The van der Waals surface area contributed by atoms with Gasteiger partial charge >= 0.3 is 5.97 Å². The number of nitrogens with zero attached hydrogens (tertiary/aromatic N) is 1. The van der Waals surface area contributed by atoms with Gasteiger partial charge in [-0.3, -0.25) is 0 Å². The Balaban J connectivity index is 3.21. The fraction of sp³-hybridized carbons (Fsp3) is 0.0909. The van der Waals surface area contributed by atoms with Crippen molar-refractivity contribution in [1.29, 1.82) is 5.26 Å². The first-order valence-electron chi connectivity index (χ1n) is 4.14. The molecule has 3 nitrogen and oxygen atoms in total. The van der Waals surface area contributed by atoms with Crippen molar-refractivity contribution in [2.75, 3.05) is 7.11 Å². The number of allylic oxidation sites excluding steroid dienone is 1. The van der Waals surface area contributed by atoms with E-state index in [4.69, 9.17) is 5.26 Å². The van der Waals surface area contributed by atoms with E-state index in [-0.39, 0.29) is 0 Å². The normalized spacial score (nSPS) is 11.3. The SMILES string of the molecule is COC(=O)/C(I)=C(\C#N)c1ccccc1. The number of ether oxygens (including phenoxy) is 1. The van der Waals surface area contributed by atoms with Crippen LogP contribution in [0, 0.1) is 11.3 Å². The van der Waals surface area contributed by atoms with Crippen molar-refractivity contribution >= 4 is 34.1 Å². The highest BCUT2D eigenvalue weighted by Crippen LogP contribution is 2.23. The third kappa shape index (κ3) is 2.80. The van der Waals surface area contributed by atoms with Gasteiger partial charge in [0, 0.05) is 0 Å². The van der Waals surface area contributed by atoms with Crippen LogP contribution in [-0.4, -0.2) is 13.1 Å². The molecule has 1 aromatic carbocycles. The molecule has 0 radical (unpaired) electrons. The molecule has 0 heterocycles. The van der Waals surface area contributed by atoms with Gasteiger partial charge < -0.3 is 4.74 Å². The highest BCUT2D eigenvalue weighted by Gasteiger charge is 2.13. The average molecular weight is 313 g/mol. The topological polar surface area (TPSA) is 50.1 Å². The third-order valence-electron chi connectivity index (χ3n) is 1.76. The number of esters is 1. The maximum atomic E-state index is 11.2. The predicted octanol–water partition coefficient (Wildman–Crippen LogP) is 2.53. The molecule has 0 fully saturated rings. The summed E-state index contributed by atoms with van der Waals surface area (Å²) in [6.45, 7) is 0. The minimum absolute atomic E-state index is 0.295. The zero-order chi connectivity index (χ0) is 11.3. The first-order valence-corrected chi connectivity index (χ1v) is 5.22. The van der Waals surface area contributed by atoms with Gasteiger partial charge in [0.05, 0.1) is 12.7 Å². The molecular formula is C11H8INO2. The molecule has 0 amide bonds. The molecule has 1 rings (SSSR count). The van der Waals surface area contributed by atoms with E-state index in [0.29, 0.717) is 9.15 Å². The van der Waals surface area contributed by atoms with Crippen molar-refractivity contribution in [2.45, 2.75) is 0 Å². The van der Waals surface area contributed by atoms with Gasteiger partial charge in [-0.15, -0.1) is 0 Å². The molecule has 0 aliphatic rings. The Morgan fingerprint density at radius 2 is 2.00 bits per heavy atom. The van der Waals surface area contributed by atoms with Crippen LogP contribution in [0.15, 0.2) is 33.9 Å². The first kappa shape index (κ1) is 11.7. The molecule has 4 heteroatoms. The van der Waals surface area contributed by atoms with Crippen molar-refractivity contribution in [1.82, 2.24) is 0 Å². The smallest absolute Gasteiger partial charge is 0.345 e. The second-order valence-corrected chi connectivity index (χ2v) is 3.74. The molecule has 0 unspecified atom stereocenters. The van der Waals surface area contributed by atoms with E-state index in [1.54, 1.807) is 12.1 Å². The molecule has 0 saturated heterocycles. The number of hydrogen-bond donors (Lipinski definition) is 0. The summed E-state index contributed by atoms with van der Waals surface area (Å²) in [4.78, 5) is 11.2. The highest BCUT2D eigenvalue weighted by atomic mass is 127. The van der Waals surface area contributed by atoms with Gasteiger partial charge in [-0.05, 0) is 28.2 Å². The molecule has 0 N–H and O–H groups in total. The molecule has 0 aliphatic carbocycles. The van der Waals surface area contributed by atoms with Gasteiger partial charge in [0.15, 0.2) is 0 Å². The molecular weight excluding hydrogens is 305 g/mol. The quantitative estimate of drug-likeness (QED) is 0.365. The highest BCUT2D eigenvalue weighted by molar-refractivity contribution is 14.1. The van der Waals surface area contributed by atoms with Crippen LogP contribution in [0.25, 0.3) is 5.57 Å². The maximum Gasteiger partial charge on any atom is 0.345 e. The van der Waals surface area contributed by atoms with Crippen molar-refractivity contribution in [3.63, 3.8) is 0 Å². The second kappa shape index (κ2) is 5.51. The number of benzene rings is 1. The summed E-state index contributed by atoms with van der Waals surface area (Å²) in [7, 11) is 1.29. The fourth-order valence-corrected chi connectivity index (χ4v) is 1.69. The van der Waals surface area contributed by atoms with Gasteiger partial charge in [0.1, 0.15) is 9.65 Å². The summed E-state index contributed by atoms with van der Waals surface area (Å²) in [5, 5.41) is 8.97. The summed E-state index contributed by atoms with van der Waals surface area (Å²) in [6.07, 6.45) is 0. The lowest BCUT2D eigenvalue weighted by molar-refractivity contribution is -0.134. The molecule has 0 saturated carbocycles. The minimum Gasteiger partial charge on any atom is -0.465 e. The summed E-state index contributed by atoms with van der Waals surface area (Å²) in [5.41, 5.74) is 1.05. The number of halogens is 1. The minimum atomic E-state index is -0.490. The molecule has 0 spiro atoms. The van der Waals surface area contributed by atoms with Crippen molar-refractivity contribution in [3.05, 3.63) is 39.5 Å². The van der Waals surface area contributed by atoms with E-state index in [0.717, 1.165) is 5.56 Å². The number of rotatable bonds is 2. The van der Waals surface area contributed by atoms with Gasteiger partial charge in [0.25, 0.3) is 0 Å². The maximum absolute atomic E-state index is 11.2. The lowest BCUT2D eigenvalue weighted by Crippen LogP contribution is -2.01. The van der Waals surface area contributed by atoms with E-state index in [9.17, 15) is 4.79 Å². The van der Waals surface area contributed by atoms with Crippen LogP contribution in [0.3, 0.4) is 0 Å². The van der Waals surface area contributed by atoms with E-state index in [1.807, 2.05) is 46.9 Å². The summed E-state index contributed by atoms with van der Waals surface area (Å²) in [6, 6.07) is 11.0. The lowest BCUT2D eigenvalue weighted by Gasteiger charge is -2.02. The Bertz CT molecular complexity index is 432. The Morgan fingerprint density at radius 3 is 2.47 bits per heavy atom. The third-order valence-corrected chi connectivity index (χ3v) is 2.74. The number of carbonyl (C=O) groups is 1. The second-order valence-electron chi connectivity index (χ2n) is 2.66. The summed E-state index contributed by atoms with van der Waals surface area (Å²) >= 11 is 1.82. The number of hydrogen-bond acceptors (Lipinski definition) is 3. The number of methoxy groups -OCH3 is 1. The fourth-order valence-electron chi connectivity index (χ4n) is 1.04. The van der Waals surface area contributed by atoms with Crippen LogP contribution < -0.4 is 0 Å². The van der Waals surface area contributed by atoms with Crippen LogP contribution in [0.4, 0.5) is 0 Å². The zero-order valence-corrected chi connectivity index (χ0v) is 10.2. The standard InChI is InChI=1S/C11H8INO2/c1-15-11(14)10(12)9(7-13)8-5-3-2-4-6-8/h2-6H,1H3/b10-9-. The van der Waals surface area contributed by atoms with Crippen LogP contribution in [0.1, 0.15) is 5.56 Å². The molecule has 0 bridgehead atoms. The molecule has 0 atom stereocenters. The predicted molar refractivity (Wildman–Crippen MR) is 65.0 cm³/mol. The Kier molecular flexibility index (Phi) is 4.31. The zero-order valence-electron chi connectivity index (χ0n) is 8.03. The van der Waals surface area contributed by atoms with Crippen molar-refractivity contribution in [3.8, 4) is 6.07 Å². The van der Waals surface area contributed by atoms with Gasteiger partial charge in [0.2, 0.25) is 0 Å². The molecule has 15 heavy (non-hydrogen) atoms. The van der Waals surface area contributed by atoms with Crippen LogP contribution >= 0.6 is 22.6 Å². The molecule has 1 aromatic rings. The van der Waals surface area contributed by atoms with E-state index in [2.05, 4.69) is 4.74 Å². The van der Waals surface area contributed by atoms with E-state index >= 15 is 0 Å². The number of carbonyl (C=O) groups excluding carboxylic acids is 1. The monoisotopic (exact) mass is 313 g/mol. The molecule has 0 aromatic heterocycles. The van der Waals surface area contributed by atoms with Crippen LogP contribution in [-0.2, 0) is 9.53 Å². The Morgan fingerprint density at radius 1 is 1.40 bits per heavy atom. The molecule has 0 aliphatic heterocycles. The van der Waals surface area contributed by atoms with Gasteiger partial charge in [-0.2, -0.15) is 5.26 Å². The van der Waals surface area contributed by atoms with Crippen LogP contribution in [0.5, 0.6) is 0 Å². The summed E-state index contributed by atoms with van der Waals surface area (Å²) in [5.74, 6) is -0.490. The average Bonchev–Trinajstić information content (AvgIpc) is 2.30. The van der Waals surface area contributed by atoms with E-state index < -0.39 is 5.97 Å². The van der Waals surface area contributed by atoms with E-state index in [1.165, 1.54) is 7.11 Å². The first-order chi connectivity index (χ1) is 7.20. The Labute approximate surface area is 101 Å². The molecule has 76 valence electrons. The largest absolute Gasteiger partial charge is 0.465 e.